The Balaban J connectivity index is 0.00000256. The van der Waals surface area contributed by atoms with E-state index in [1.165, 1.54) is 6.07 Å². The van der Waals surface area contributed by atoms with E-state index in [9.17, 15) is 9.59 Å². The zero-order valence-corrected chi connectivity index (χ0v) is 18.3. The molecule has 0 saturated heterocycles. The van der Waals surface area contributed by atoms with Crippen LogP contribution in [0.15, 0.2) is 60.7 Å². The number of H-pyrrole nitrogens is 1. The fraction of sp³-hybridized carbons (Fsp3) is 0. The summed E-state index contributed by atoms with van der Waals surface area (Å²) >= 11 is 0. The van der Waals surface area contributed by atoms with Crippen molar-refractivity contribution in [3.05, 3.63) is 83.2 Å². The van der Waals surface area contributed by atoms with Crippen LogP contribution in [0, 0.1) is 11.3 Å². The quantitative estimate of drug-likeness (QED) is 0.387. The molecule has 0 aliphatic heterocycles. The maximum Gasteiger partial charge on any atom is 0.276 e. The Morgan fingerprint density at radius 3 is 2.57 bits per heavy atom. The molecule has 2 aromatic heterocycles. The minimum absolute atomic E-state index is 0. The van der Waals surface area contributed by atoms with Crippen LogP contribution in [0.25, 0.3) is 28.0 Å². The van der Waals surface area contributed by atoms with Crippen LogP contribution in [-0.2, 0) is 21.1 Å². The van der Waals surface area contributed by atoms with Gasteiger partial charge in [-0.2, -0.15) is 5.26 Å². The first-order valence-electron chi connectivity index (χ1n) is 8.59. The molecule has 0 saturated carbocycles. The number of aromatic amines is 1. The monoisotopic (exact) mass is 565 g/mol. The summed E-state index contributed by atoms with van der Waals surface area (Å²) in [6.07, 6.45) is 0. The SMILES string of the molecule is N#Cc1cccc(-c2cccc(C(=O)Nc3nc4c(C([NH-])=O)cccc4[nH]3)n2)c1.[W]. The maximum absolute atomic E-state index is 12.6. The summed E-state index contributed by atoms with van der Waals surface area (Å²) in [4.78, 5) is 35.5. The third-order valence-corrected chi connectivity index (χ3v) is 4.26. The van der Waals surface area contributed by atoms with Crippen molar-refractivity contribution in [2.75, 3.05) is 5.32 Å². The molecule has 4 rings (SSSR count). The van der Waals surface area contributed by atoms with Crippen LogP contribution in [-0.4, -0.2) is 26.8 Å². The van der Waals surface area contributed by atoms with Crippen molar-refractivity contribution in [2.45, 2.75) is 0 Å². The molecule has 0 spiro atoms. The number of nitrogens with one attached hydrogen (secondary N) is 3. The molecule has 2 heterocycles. The molecule has 2 amide bonds. The van der Waals surface area contributed by atoms with Gasteiger partial charge >= 0.3 is 0 Å². The van der Waals surface area contributed by atoms with Gasteiger partial charge in [-0.3, -0.25) is 10.1 Å². The van der Waals surface area contributed by atoms with Crippen LogP contribution < -0.4 is 5.32 Å². The van der Waals surface area contributed by atoms with Gasteiger partial charge in [-0.1, -0.05) is 30.3 Å². The number of anilines is 1. The Morgan fingerprint density at radius 2 is 1.80 bits per heavy atom. The molecule has 0 unspecified atom stereocenters. The van der Waals surface area contributed by atoms with E-state index in [4.69, 9.17) is 11.0 Å². The zero-order chi connectivity index (χ0) is 20.4. The molecule has 8 nitrogen and oxygen atoms in total. The number of nitriles is 1. The van der Waals surface area contributed by atoms with E-state index in [1.807, 2.05) is 6.07 Å². The Labute approximate surface area is 185 Å². The van der Waals surface area contributed by atoms with Gasteiger partial charge in [0, 0.05) is 32.2 Å². The number of hydrogen-bond donors (Lipinski definition) is 2. The molecule has 0 atom stereocenters. The minimum atomic E-state index is -0.853. The average molecular weight is 565 g/mol. The van der Waals surface area contributed by atoms with E-state index in [-0.39, 0.29) is 38.3 Å². The molecule has 0 aliphatic carbocycles. The van der Waals surface area contributed by atoms with Crippen LogP contribution in [0.2, 0.25) is 0 Å². The summed E-state index contributed by atoms with van der Waals surface area (Å²) in [7, 11) is 0. The van der Waals surface area contributed by atoms with Crippen molar-refractivity contribution in [1.29, 1.82) is 5.26 Å². The number of carbonyl (C=O) groups is 2. The third kappa shape index (κ3) is 4.12. The van der Waals surface area contributed by atoms with E-state index in [1.54, 1.807) is 48.5 Å². The van der Waals surface area contributed by atoms with Crippen molar-refractivity contribution in [1.82, 2.24) is 15.0 Å². The van der Waals surface area contributed by atoms with Gasteiger partial charge in [0.25, 0.3) is 5.91 Å². The Morgan fingerprint density at radius 1 is 1.03 bits per heavy atom. The van der Waals surface area contributed by atoms with Crippen molar-refractivity contribution >= 4 is 28.8 Å². The number of rotatable bonds is 4. The van der Waals surface area contributed by atoms with Crippen molar-refractivity contribution in [3.8, 4) is 17.3 Å². The number of carbonyl (C=O) groups excluding carboxylic acids is 2. The summed E-state index contributed by atoms with van der Waals surface area (Å²) in [5.74, 6) is -1.19. The fourth-order valence-electron chi connectivity index (χ4n) is 2.92. The molecule has 0 aliphatic rings. The minimum Gasteiger partial charge on any atom is -0.663 e. The van der Waals surface area contributed by atoms with Gasteiger partial charge in [0.1, 0.15) is 5.69 Å². The topological polar surface area (TPSA) is 135 Å². The van der Waals surface area contributed by atoms with Gasteiger partial charge in [0.15, 0.2) is 0 Å². The summed E-state index contributed by atoms with van der Waals surface area (Å²) in [5.41, 5.74) is 10.3. The number of amides is 2. The fourth-order valence-corrected chi connectivity index (χ4v) is 2.92. The number of para-hydroxylation sites is 1. The van der Waals surface area contributed by atoms with Gasteiger partial charge in [-0.15, -0.1) is 0 Å². The molecule has 0 fully saturated rings. The Kier molecular flexibility index (Phi) is 6.05. The van der Waals surface area contributed by atoms with E-state index >= 15 is 0 Å². The zero-order valence-electron chi connectivity index (χ0n) is 15.3. The third-order valence-electron chi connectivity index (χ3n) is 4.26. The smallest absolute Gasteiger partial charge is 0.276 e. The number of nitrogens with zero attached hydrogens (tertiary/aromatic N) is 3. The number of hydrogen-bond acceptors (Lipinski definition) is 5. The standard InChI is InChI=1S/C21H14N6O2.W/c22-11-12-4-1-5-13(10-12)15-7-3-9-17(24-15)20(29)27-21-25-16-8-2-6-14(19(23)28)18(16)26-21;/h1-10H,(H4,23,24,25,26,27,28,29);/p-1. The van der Waals surface area contributed by atoms with Crippen molar-refractivity contribution < 1.29 is 30.7 Å². The molecule has 9 heteroatoms. The van der Waals surface area contributed by atoms with Crippen molar-refractivity contribution in [3.63, 3.8) is 0 Å². The second-order valence-corrected chi connectivity index (χ2v) is 6.17. The van der Waals surface area contributed by atoms with Crippen LogP contribution in [0.5, 0.6) is 0 Å². The van der Waals surface area contributed by atoms with Gasteiger partial charge in [-0.25, -0.2) is 9.97 Å². The van der Waals surface area contributed by atoms with Gasteiger partial charge < -0.3 is 15.5 Å². The summed E-state index contributed by atoms with van der Waals surface area (Å²) in [6, 6.07) is 18.9. The van der Waals surface area contributed by atoms with E-state index in [0.29, 0.717) is 22.3 Å². The Hall–Kier alpha value is -3.82. The van der Waals surface area contributed by atoms with E-state index in [0.717, 1.165) is 5.56 Å². The molecule has 3 N–H and O–H groups in total. The summed E-state index contributed by atoms with van der Waals surface area (Å²) in [5, 5.41) is 11.7. The molecule has 2 aromatic carbocycles. The van der Waals surface area contributed by atoms with Gasteiger partial charge in [-0.05, 0) is 30.3 Å². The molecular weight excluding hydrogens is 552 g/mol. The predicted molar refractivity (Wildman–Crippen MR) is 107 cm³/mol. The van der Waals surface area contributed by atoms with Crippen LogP contribution in [0.4, 0.5) is 5.95 Å². The predicted octanol–water partition coefficient (Wildman–Crippen LogP) is 3.94. The molecule has 0 bridgehead atoms. The second kappa shape index (κ2) is 8.68. The number of benzene rings is 2. The number of aromatic nitrogens is 3. The van der Waals surface area contributed by atoms with Crippen molar-refractivity contribution in [2.24, 2.45) is 0 Å². The Bertz CT molecular complexity index is 1310. The molecular formula is C21H13N6O2W-. The molecule has 4 aromatic rings. The maximum atomic E-state index is 12.6. The van der Waals surface area contributed by atoms with Gasteiger partial charge in [0.05, 0.1) is 34.3 Å². The van der Waals surface area contributed by atoms with Crippen LogP contribution in [0.1, 0.15) is 26.4 Å². The largest absolute Gasteiger partial charge is 0.663 e. The molecule has 30 heavy (non-hydrogen) atoms. The molecule has 146 valence electrons. The summed E-state index contributed by atoms with van der Waals surface area (Å²) in [6.45, 7) is 0. The second-order valence-electron chi connectivity index (χ2n) is 6.17. The number of imidazole rings is 1. The first kappa shape index (κ1) is 20.9. The van der Waals surface area contributed by atoms with E-state index < -0.39 is 11.8 Å². The summed E-state index contributed by atoms with van der Waals surface area (Å²) < 4.78 is 0. The van der Waals surface area contributed by atoms with Gasteiger partial charge in [0.2, 0.25) is 5.95 Å². The van der Waals surface area contributed by atoms with Crippen LogP contribution in [0.3, 0.4) is 0 Å². The van der Waals surface area contributed by atoms with Crippen LogP contribution >= 0.6 is 0 Å². The average Bonchev–Trinajstić information content (AvgIpc) is 3.16. The first-order valence-corrected chi connectivity index (χ1v) is 8.59. The number of fused-ring (bicyclic) bond motifs is 1. The van der Waals surface area contributed by atoms with E-state index in [2.05, 4.69) is 26.3 Å². The molecule has 0 radical (unpaired) electrons. The normalized spacial score (nSPS) is 10.1. The number of pyridine rings is 1. The first-order chi connectivity index (χ1) is 14.0.